The van der Waals surface area contributed by atoms with E-state index in [9.17, 15) is 9.59 Å². The summed E-state index contributed by atoms with van der Waals surface area (Å²) in [5.41, 5.74) is 1.07. The van der Waals surface area contributed by atoms with Crippen molar-refractivity contribution in [2.45, 2.75) is 34.1 Å². The average Bonchev–Trinajstić information content (AvgIpc) is 2.75. The minimum atomic E-state index is -0.913. The van der Waals surface area contributed by atoms with Crippen molar-refractivity contribution < 1.29 is 19.2 Å². The molecule has 0 bridgehead atoms. The largest absolute Gasteiger partial charge is 0.481 e. The van der Waals surface area contributed by atoms with Crippen molar-refractivity contribution in [3.8, 4) is 0 Å². The van der Waals surface area contributed by atoms with Gasteiger partial charge in [-0.05, 0) is 20.3 Å². The number of amides is 1. The Balaban J connectivity index is 2.95. The van der Waals surface area contributed by atoms with E-state index in [-0.39, 0.29) is 12.5 Å². The molecule has 19 heavy (non-hydrogen) atoms. The van der Waals surface area contributed by atoms with Gasteiger partial charge >= 0.3 is 5.97 Å². The highest BCUT2D eigenvalue weighted by atomic mass is 16.5. The van der Waals surface area contributed by atoms with Crippen molar-refractivity contribution in [1.82, 2.24) is 10.1 Å². The Morgan fingerprint density at radius 3 is 2.53 bits per heavy atom. The lowest BCUT2D eigenvalue weighted by molar-refractivity contribution is -0.141. The summed E-state index contributed by atoms with van der Waals surface area (Å²) < 4.78 is 5.04. The lowest BCUT2D eigenvalue weighted by Gasteiger charge is -2.22. The second kappa shape index (κ2) is 6.36. The number of carboxylic acid groups (broad SMARTS) is 1. The molecular formula is C13H20N2O4. The van der Waals surface area contributed by atoms with E-state index in [0.717, 1.165) is 0 Å². The van der Waals surface area contributed by atoms with Crippen LogP contribution in [0.1, 0.15) is 42.6 Å². The minimum absolute atomic E-state index is 0.179. The van der Waals surface area contributed by atoms with Crippen molar-refractivity contribution in [3.05, 3.63) is 17.0 Å². The summed E-state index contributed by atoms with van der Waals surface area (Å²) in [5, 5.41) is 12.8. The predicted molar refractivity (Wildman–Crippen MR) is 69.0 cm³/mol. The molecular weight excluding hydrogens is 248 g/mol. The summed E-state index contributed by atoms with van der Waals surface area (Å²) >= 11 is 0. The number of aromatic nitrogens is 1. The molecule has 1 atom stereocenters. The molecule has 6 nitrogen and oxygen atoms in total. The molecule has 0 spiro atoms. The highest BCUT2D eigenvalue weighted by molar-refractivity contribution is 5.96. The molecule has 1 rings (SSSR count). The second-order valence-corrected chi connectivity index (χ2v) is 4.50. The van der Waals surface area contributed by atoms with Gasteiger partial charge in [-0.3, -0.25) is 9.59 Å². The Hall–Kier alpha value is -1.85. The number of carbonyl (C=O) groups is 2. The molecule has 0 aromatic carbocycles. The Kier molecular flexibility index (Phi) is 5.09. The molecule has 1 heterocycles. The molecule has 1 aromatic rings. The van der Waals surface area contributed by atoms with E-state index in [4.69, 9.17) is 9.63 Å². The Morgan fingerprint density at radius 2 is 2.05 bits per heavy atom. The van der Waals surface area contributed by atoms with Crippen LogP contribution in [0.15, 0.2) is 4.52 Å². The molecule has 0 saturated heterocycles. The third kappa shape index (κ3) is 3.33. The van der Waals surface area contributed by atoms with Gasteiger partial charge in [-0.25, -0.2) is 0 Å². The number of carboxylic acids is 1. The number of rotatable bonds is 6. The Morgan fingerprint density at radius 1 is 1.42 bits per heavy atom. The highest BCUT2D eigenvalue weighted by Gasteiger charge is 2.26. The summed E-state index contributed by atoms with van der Waals surface area (Å²) in [5.74, 6) is -1.26. The third-order valence-corrected chi connectivity index (χ3v) is 3.07. The average molecular weight is 268 g/mol. The molecule has 0 fully saturated rings. The SMILES string of the molecule is CCc1noc(C)c1C(=O)N(CC)CC(C)C(=O)O. The third-order valence-electron chi connectivity index (χ3n) is 3.07. The van der Waals surface area contributed by atoms with E-state index >= 15 is 0 Å². The molecule has 0 aliphatic heterocycles. The van der Waals surface area contributed by atoms with Gasteiger partial charge in [0, 0.05) is 13.1 Å². The van der Waals surface area contributed by atoms with E-state index in [0.29, 0.717) is 30.0 Å². The van der Waals surface area contributed by atoms with Crippen molar-refractivity contribution in [2.75, 3.05) is 13.1 Å². The second-order valence-electron chi connectivity index (χ2n) is 4.50. The summed E-state index contributed by atoms with van der Waals surface area (Å²) in [7, 11) is 0. The number of hydrogen-bond donors (Lipinski definition) is 1. The molecule has 1 amide bonds. The van der Waals surface area contributed by atoms with Crippen LogP contribution in [-0.2, 0) is 11.2 Å². The number of carbonyl (C=O) groups excluding carboxylic acids is 1. The lowest BCUT2D eigenvalue weighted by atomic mass is 10.1. The van der Waals surface area contributed by atoms with Crippen LogP contribution < -0.4 is 0 Å². The quantitative estimate of drug-likeness (QED) is 0.849. The van der Waals surface area contributed by atoms with Crippen LogP contribution in [0.2, 0.25) is 0 Å². The predicted octanol–water partition coefficient (Wildman–Crippen LogP) is 1.73. The van der Waals surface area contributed by atoms with Crippen molar-refractivity contribution in [3.63, 3.8) is 0 Å². The number of nitrogens with zero attached hydrogens (tertiary/aromatic N) is 2. The van der Waals surface area contributed by atoms with Crippen LogP contribution in [0.5, 0.6) is 0 Å². The van der Waals surface area contributed by atoms with E-state index in [1.54, 1.807) is 13.8 Å². The summed E-state index contributed by atoms with van der Waals surface area (Å²) in [4.78, 5) is 24.8. The molecule has 1 aromatic heterocycles. The maximum atomic E-state index is 12.4. The van der Waals surface area contributed by atoms with Gasteiger partial charge in [0.05, 0.1) is 11.6 Å². The van der Waals surface area contributed by atoms with Gasteiger partial charge in [-0.1, -0.05) is 19.0 Å². The Bertz CT molecular complexity index is 467. The molecule has 1 unspecified atom stereocenters. The van der Waals surface area contributed by atoms with Gasteiger partial charge < -0.3 is 14.5 Å². The monoisotopic (exact) mass is 268 g/mol. The Labute approximate surface area is 112 Å². The van der Waals surface area contributed by atoms with E-state index < -0.39 is 11.9 Å². The minimum Gasteiger partial charge on any atom is -0.481 e. The molecule has 106 valence electrons. The van der Waals surface area contributed by atoms with Gasteiger partial charge in [0.15, 0.2) is 0 Å². The lowest BCUT2D eigenvalue weighted by Crippen LogP contribution is -2.37. The summed E-state index contributed by atoms with van der Waals surface area (Å²) in [6.07, 6.45) is 0.602. The zero-order valence-corrected chi connectivity index (χ0v) is 11.8. The van der Waals surface area contributed by atoms with Crippen LogP contribution in [0.25, 0.3) is 0 Å². The van der Waals surface area contributed by atoms with Gasteiger partial charge in [0.2, 0.25) is 0 Å². The summed E-state index contributed by atoms with van der Waals surface area (Å²) in [6.45, 7) is 7.61. The molecule has 1 N–H and O–H groups in total. The van der Waals surface area contributed by atoms with Crippen LogP contribution in [0, 0.1) is 12.8 Å². The number of aliphatic carboxylic acids is 1. The molecule has 6 heteroatoms. The van der Waals surface area contributed by atoms with Gasteiger partial charge in [0.25, 0.3) is 5.91 Å². The van der Waals surface area contributed by atoms with Crippen molar-refractivity contribution >= 4 is 11.9 Å². The molecule has 0 saturated carbocycles. The number of aryl methyl sites for hydroxylation is 2. The van der Waals surface area contributed by atoms with Gasteiger partial charge in [0.1, 0.15) is 11.3 Å². The zero-order chi connectivity index (χ0) is 14.6. The normalized spacial score (nSPS) is 12.2. The zero-order valence-electron chi connectivity index (χ0n) is 11.8. The summed E-state index contributed by atoms with van der Waals surface area (Å²) in [6, 6.07) is 0. The van der Waals surface area contributed by atoms with Crippen LogP contribution in [0.3, 0.4) is 0 Å². The molecule has 0 radical (unpaired) electrons. The van der Waals surface area contributed by atoms with Gasteiger partial charge in [-0.2, -0.15) is 0 Å². The van der Waals surface area contributed by atoms with E-state index in [1.807, 2.05) is 13.8 Å². The van der Waals surface area contributed by atoms with Crippen LogP contribution in [0.4, 0.5) is 0 Å². The fourth-order valence-corrected chi connectivity index (χ4v) is 1.86. The number of hydrogen-bond acceptors (Lipinski definition) is 4. The van der Waals surface area contributed by atoms with Crippen molar-refractivity contribution in [2.24, 2.45) is 5.92 Å². The molecule has 0 aliphatic carbocycles. The molecule has 0 aliphatic rings. The maximum Gasteiger partial charge on any atom is 0.308 e. The first-order valence-corrected chi connectivity index (χ1v) is 6.39. The smallest absolute Gasteiger partial charge is 0.308 e. The fraction of sp³-hybridized carbons (Fsp3) is 0.615. The van der Waals surface area contributed by atoms with Gasteiger partial charge in [-0.15, -0.1) is 0 Å². The van der Waals surface area contributed by atoms with E-state index in [1.165, 1.54) is 4.90 Å². The first-order valence-electron chi connectivity index (χ1n) is 6.39. The first-order chi connectivity index (χ1) is 8.92. The van der Waals surface area contributed by atoms with Crippen LogP contribution >= 0.6 is 0 Å². The maximum absolute atomic E-state index is 12.4. The van der Waals surface area contributed by atoms with Crippen LogP contribution in [-0.4, -0.2) is 40.1 Å². The van der Waals surface area contributed by atoms with Crippen molar-refractivity contribution in [1.29, 1.82) is 0 Å². The first kappa shape index (κ1) is 15.2. The highest BCUT2D eigenvalue weighted by Crippen LogP contribution is 2.17. The van der Waals surface area contributed by atoms with E-state index in [2.05, 4.69) is 5.16 Å². The fourth-order valence-electron chi connectivity index (χ4n) is 1.86. The standard InChI is InChI=1S/C13H20N2O4/c1-5-10-11(9(4)19-14-10)12(16)15(6-2)7-8(3)13(17)18/h8H,5-7H2,1-4H3,(H,17,18). The topological polar surface area (TPSA) is 83.6 Å².